The monoisotopic (exact) mass is 316 g/mol. The number of halogens is 2. The van der Waals surface area contributed by atoms with Crippen LogP contribution in [0.5, 0.6) is 0 Å². The predicted molar refractivity (Wildman–Crippen MR) is 70.4 cm³/mol. The number of carbonyl (C=O) groups excluding carboxylic acids is 1. The SMILES string of the molecule is C=C(CC(O)C(=O)OCC)c1ccc(F)c(Br)c1. The van der Waals surface area contributed by atoms with Gasteiger partial charge in [0.05, 0.1) is 11.1 Å². The van der Waals surface area contributed by atoms with Gasteiger partial charge in [0.1, 0.15) is 5.82 Å². The van der Waals surface area contributed by atoms with E-state index in [1.165, 1.54) is 6.07 Å². The van der Waals surface area contributed by atoms with Crippen LogP contribution in [0.15, 0.2) is 29.3 Å². The van der Waals surface area contributed by atoms with Gasteiger partial charge >= 0.3 is 5.97 Å². The van der Waals surface area contributed by atoms with Crippen molar-refractivity contribution in [2.75, 3.05) is 6.61 Å². The van der Waals surface area contributed by atoms with E-state index in [-0.39, 0.29) is 18.8 Å². The lowest BCUT2D eigenvalue weighted by Gasteiger charge is -2.12. The third-order valence-electron chi connectivity index (χ3n) is 2.33. The lowest BCUT2D eigenvalue weighted by Crippen LogP contribution is -2.23. The zero-order valence-corrected chi connectivity index (χ0v) is 11.5. The second-order valence-electron chi connectivity index (χ2n) is 3.70. The standard InChI is InChI=1S/C13H14BrFO3/c1-3-18-13(17)12(16)6-8(2)9-4-5-11(15)10(14)7-9/h4-5,7,12,16H,2-3,6H2,1H3. The summed E-state index contributed by atoms with van der Waals surface area (Å²) in [6, 6.07) is 4.39. The molecule has 5 heteroatoms. The van der Waals surface area contributed by atoms with Gasteiger partial charge in [-0.15, -0.1) is 0 Å². The van der Waals surface area contributed by atoms with Crippen LogP contribution in [-0.4, -0.2) is 23.8 Å². The summed E-state index contributed by atoms with van der Waals surface area (Å²) in [4.78, 5) is 11.2. The first-order chi connectivity index (χ1) is 8.45. The fourth-order valence-corrected chi connectivity index (χ4v) is 1.77. The molecule has 0 aliphatic heterocycles. The largest absolute Gasteiger partial charge is 0.464 e. The van der Waals surface area contributed by atoms with Crippen LogP contribution in [0.1, 0.15) is 18.9 Å². The van der Waals surface area contributed by atoms with E-state index in [2.05, 4.69) is 27.2 Å². The van der Waals surface area contributed by atoms with E-state index in [1.807, 2.05) is 0 Å². The summed E-state index contributed by atoms with van der Waals surface area (Å²) < 4.78 is 18.0. The van der Waals surface area contributed by atoms with Gasteiger partial charge in [0, 0.05) is 6.42 Å². The number of hydrogen-bond donors (Lipinski definition) is 1. The first-order valence-corrected chi connectivity index (χ1v) is 6.23. The van der Waals surface area contributed by atoms with Crippen molar-refractivity contribution in [3.8, 4) is 0 Å². The highest BCUT2D eigenvalue weighted by molar-refractivity contribution is 9.10. The number of esters is 1. The van der Waals surface area contributed by atoms with Gasteiger partial charge in [0.15, 0.2) is 6.10 Å². The molecule has 1 rings (SSSR count). The number of rotatable bonds is 5. The maximum atomic E-state index is 13.1. The molecule has 1 aromatic carbocycles. The van der Waals surface area contributed by atoms with Crippen molar-refractivity contribution in [3.05, 3.63) is 40.6 Å². The molecular formula is C13H14BrFO3. The Morgan fingerprint density at radius 1 is 1.61 bits per heavy atom. The second kappa shape index (κ2) is 6.66. The van der Waals surface area contributed by atoms with Crippen LogP contribution in [0.3, 0.4) is 0 Å². The third-order valence-corrected chi connectivity index (χ3v) is 2.93. The number of benzene rings is 1. The zero-order valence-electron chi connectivity index (χ0n) is 9.95. The Hall–Kier alpha value is -1.20. The zero-order chi connectivity index (χ0) is 13.7. The molecule has 3 nitrogen and oxygen atoms in total. The summed E-state index contributed by atoms with van der Waals surface area (Å²) in [6.07, 6.45) is -1.20. The summed E-state index contributed by atoms with van der Waals surface area (Å²) in [6.45, 7) is 5.64. The normalized spacial score (nSPS) is 12.0. The number of carbonyl (C=O) groups is 1. The lowest BCUT2D eigenvalue weighted by molar-refractivity contribution is -0.152. The van der Waals surface area contributed by atoms with Crippen LogP contribution in [0.4, 0.5) is 4.39 Å². The maximum Gasteiger partial charge on any atom is 0.335 e. The number of aliphatic hydroxyl groups excluding tert-OH is 1. The quantitative estimate of drug-likeness (QED) is 0.850. The first-order valence-electron chi connectivity index (χ1n) is 5.43. The van der Waals surface area contributed by atoms with Crippen LogP contribution in [0.2, 0.25) is 0 Å². The molecule has 1 atom stereocenters. The molecule has 1 aromatic rings. The van der Waals surface area contributed by atoms with Gasteiger partial charge in [-0.1, -0.05) is 12.6 Å². The summed E-state index contributed by atoms with van der Waals surface area (Å²) in [5, 5.41) is 9.58. The molecule has 0 aliphatic carbocycles. The van der Waals surface area contributed by atoms with Crippen LogP contribution in [0, 0.1) is 5.82 Å². The fourth-order valence-electron chi connectivity index (χ4n) is 1.39. The van der Waals surface area contributed by atoms with Gasteiger partial charge < -0.3 is 9.84 Å². The minimum Gasteiger partial charge on any atom is -0.464 e. The van der Waals surface area contributed by atoms with Crippen LogP contribution < -0.4 is 0 Å². The molecule has 0 radical (unpaired) electrons. The third kappa shape index (κ3) is 3.92. The van der Waals surface area contributed by atoms with Gasteiger partial charge in [-0.3, -0.25) is 0 Å². The van der Waals surface area contributed by atoms with Gasteiger partial charge in [0.2, 0.25) is 0 Å². The molecule has 0 aromatic heterocycles. The van der Waals surface area contributed by atoms with Crippen molar-refractivity contribution in [3.63, 3.8) is 0 Å². The Kier molecular flexibility index (Phi) is 5.50. The molecule has 0 amide bonds. The van der Waals surface area contributed by atoms with E-state index < -0.39 is 12.1 Å². The Bertz CT molecular complexity index is 460. The van der Waals surface area contributed by atoms with Crippen LogP contribution in [-0.2, 0) is 9.53 Å². The predicted octanol–water partition coefficient (Wildman–Crippen LogP) is 2.92. The topological polar surface area (TPSA) is 46.5 Å². The van der Waals surface area contributed by atoms with Crippen molar-refractivity contribution >= 4 is 27.5 Å². The molecule has 0 spiro atoms. The molecule has 18 heavy (non-hydrogen) atoms. The van der Waals surface area contributed by atoms with E-state index in [0.717, 1.165) is 0 Å². The smallest absolute Gasteiger partial charge is 0.335 e. The Balaban J connectivity index is 2.70. The van der Waals surface area contributed by atoms with E-state index in [9.17, 15) is 14.3 Å². The summed E-state index contributed by atoms with van der Waals surface area (Å²) in [7, 11) is 0. The van der Waals surface area contributed by atoms with Gasteiger partial charge in [-0.25, -0.2) is 9.18 Å². The molecule has 1 N–H and O–H groups in total. The highest BCUT2D eigenvalue weighted by atomic mass is 79.9. The molecule has 0 fully saturated rings. The fraction of sp³-hybridized carbons (Fsp3) is 0.308. The van der Waals surface area contributed by atoms with Crippen molar-refractivity contribution in [2.45, 2.75) is 19.4 Å². The Labute approximate surface area is 113 Å². The van der Waals surface area contributed by atoms with Crippen molar-refractivity contribution in [1.29, 1.82) is 0 Å². The van der Waals surface area contributed by atoms with Crippen molar-refractivity contribution in [2.24, 2.45) is 0 Å². The molecule has 0 saturated heterocycles. The average Bonchev–Trinajstić information content (AvgIpc) is 2.32. The molecule has 0 bridgehead atoms. The molecule has 1 unspecified atom stereocenters. The van der Waals surface area contributed by atoms with Crippen LogP contribution >= 0.6 is 15.9 Å². The summed E-state index contributed by atoms with van der Waals surface area (Å²) >= 11 is 3.06. The summed E-state index contributed by atoms with van der Waals surface area (Å²) in [5.41, 5.74) is 1.20. The highest BCUT2D eigenvalue weighted by Crippen LogP contribution is 2.24. The van der Waals surface area contributed by atoms with Crippen LogP contribution in [0.25, 0.3) is 5.57 Å². The van der Waals surface area contributed by atoms with Crippen molar-refractivity contribution < 1.29 is 19.0 Å². The minimum atomic E-state index is -1.25. The first kappa shape index (κ1) is 14.9. The maximum absolute atomic E-state index is 13.1. The summed E-state index contributed by atoms with van der Waals surface area (Å²) in [5.74, 6) is -1.06. The van der Waals surface area contributed by atoms with Gasteiger partial charge in [-0.2, -0.15) is 0 Å². The van der Waals surface area contributed by atoms with Gasteiger partial charge in [-0.05, 0) is 46.1 Å². The lowest BCUT2D eigenvalue weighted by atomic mass is 10.0. The molecular weight excluding hydrogens is 303 g/mol. The van der Waals surface area contributed by atoms with E-state index in [1.54, 1.807) is 19.1 Å². The molecule has 0 heterocycles. The highest BCUT2D eigenvalue weighted by Gasteiger charge is 2.18. The second-order valence-corrected chi connectivity index (χ2v) is 4.56. The number of ether oxygens (including phenoxy) is 1. The van der Waals surface area contributed by atoms with E-state index in [0.29, 0.717) is 15.6 Å². The van der Waals surface area contributed by atoms with E-state index in [4.69, 9.17) is 0 Å². The molecule has 0 saturated carbocycles. The van der Waals surface area contributed by atoms with E-state index >= 15 is 0 Å². The van der Waals surface area contributed by atoms with Gasteiger partial charge in [0.25, 0.3) is 0 Å². The molecule has 0 aliphatic rings. The average molecular weight is 317 g/mol. The Morgan fingerprint density at radius 3 is 2.83 bits per heavy atom. The number of aliphatic hydroxyl groups is 1. The van der Waals surface area contributed by atoms with Crippen molar-refractivity contribution in [1.82, 2.24) is 0 Å². The Morgan fingerprint density at radius 2 is 2.28 bits per heavy atom. The minimum absolute atomic E-state index is 0.0525. The number of hydrogen-bond acceptors (Lipinski definition) is 3. The molecule has 98 valence electrons.